The minimum absolute atomic E-state index is 0.0536. The third kappa shape index (κ3) is 3.62. The van der Waals surface area contributed by atoms with Gasteiger partial charge in [-0.2, -0.15) is 0 Å². The van der Waals surface area contributed by atoms with Crippen LogP contribution in [0.4, 0.5) is 11.4 Å². The van der Waals surface area contributed by atoms with E-state index in [-0.39, 0.29) is 5.91 Å². The normalized spacial score (nSPS) is 10.4. The molecule has 0 atom stereocenters. The fraction of sp³-hybridized carbons (Fsp3) is 0.417. The Bertz CT molecular complexity index is 359. The highest BCUT2D eigenvalue weighted by Crippen LogP contribution is 2.18. The van der Waals surface area contributed by atoms with Crippen LogP contribution in [0.15, 0.2) is 18.2 Å². The van der Waals surface area contributed by atoms with E-state index in [0.717, 1.165) is 11.3 Å². The van der Waals surface area contributed by atoms with E-state index in [1.54, 1.807) is 6.07 Å². The first-order valence-electron chi connectivity index (χ1n) is 5.15. The van der Waals surface area contributed by atoms with E-state index in [1.807, 2.05) is 32.9 Å². The van der Waals surface area contributed by atoms with E-state index < -0.39 is 0 Å². The molecule has 1 rings (SSSR count). The number of hydrogen-bond donors (Lipinski definition) is 2. The first kappa shape index (κ1) is 11.6. The number of amides is 1. The first-order chi connectivity index (χ1) is 6.99. The Kier molecular flexibility index (Phi) is 3.72. The van der Waals surface area contributed by atoms with E-state index in [2.05, 4.69) is 5.32 Å². The Morgan fingerprint density at radius 3 is 2.67 bits per heavy atom. The number of nitrogens with one attached hydrogen (secondary N) is 1. The Labute approximate surface area is 90.7 Å². The van der Waals surface area contributed by atoms with Gasteiger partial charge in [-0.05, 0) is 36.6 Å². The van der Waals surface area contributed by atoms with Gasteiger partial charge in [-0.15, -0.1) is 0 Å². The van der Waals surface area contributed by atoms with Gasteiger partial charge < -0.3 is 11.1 Å². The molecule has 0 aliphatic heterocycles. The van der Waals surface area contributed by atoms with Crippen LogP contribution in [0.25, 0.3) is 0 Å². The summed E-state index contributed by atoms with van der Waals surface area (Å²) in [6.07, 6.45) is 0.545. The molecule has 0 aliphatic rings. The van der Waals surface area contributed by atoms with Crippen LogP contribution in [0.5, 0.6) is 0 Å². The van der Waals surface area contributed by atoms with Crippen LogP contribution in [0.1, 0.15) is 25.8 Å². The van der Waals surface area contributed by atoms with E-state index in [1.165, 1.54) is 0 Å². The highest BCUT2D eigenvalue weighted by atomic mass is 16.1. The van der Waals surface area contributed by atoms with Crippen molar-refractivity contribution in [3.05, 3.63) is 23.8 Å². The summed E-state index contributed by atoms with van der Waals surface area (Å²) in [6, 6.07) is 5.48. The molecule has 0 bridgehead atoms. The molecule has 0 heterocycles. The Morgan fingerprint density at radius 2 is 2.13 bits per heavy atom. The molecule has 0 radical (unpaired) electrons. The summed E-state index contributed by atoms with van der Waals surface area (Å²) in [6.45, 7) is 5.98. The molecule has 1 amide bonds. The summed E-state index contributed by atoms with van der Waals surface area (Å²) in [4.78, 5) is 11.5. The molecule has 3 heteroatoms. The van der Waals surface area contributed by atoms with Crippen LogP contribution < -0.4 is 11.1 Å². The molecule has 1 aromatic carbocycles. The Balaban J connectivity index is 2.68. The predicted octanol–water partition coefficient (Wildman–Crippen LogP) is 2.56. The second-order valence-corrected chi connectivity index (χ2v) is 4.22. The van der Waals surface area contributed by atoms with Crippen molar-refractivity contribution in [2.45, 2.75) is 27.2 Å². The summed E-state index contributed by atoms with van der Waals surface area (Å²) in [5.74, 6) is 0.428. The number of nitrogens with two attached hydrogens (primary N) is 1. The maximum atomic E-state index is 11.5. The van der Waals surface area contributed by atoms with Gasteiger partial charge in [0.15, 0.2) is 0 Å². The van der Waals surface area contributed by atoms with E-state index in [0.29, 0.717) is 18.0 Å². The summed E-state index contributed by atoms with van der Waals surface area (Å²) < 4.78 is 0. The van der Waals surface area contributed by atoms with E-state index in [4.69, 9.17) is 5.73 Å². The van der Waals surface area contributed by atoms with E-state index in [9.17, 15) is 4.79 Å². The van der Waals surface area contributed by atoms with Gasteiger partial charge >= 0.3 is 0 Å². The molecule has 15 heavy (non-hydrogen) atoms. The lowest BCUT2D eigenvalue weighted by atomic mass is 10.1. The molecule has 0 saturated carbocycles. The first-order valence-corrected chi connectivity index (χ1v) is 5.15. The van der Waals surface area contributed by atoms with Gasteiger partial charge in [0.1, 0.15) is 0 Å². The molecule has 0 unspecified atom stereocenters. The quantitative estimate of drug-likeness (QED) is 0.747. The zero-order valence-electron chi connectivity index (χ0n) is 9.50. The molecular formula is C12H18N2O. The average molecular weight is 206 g/mol. The SMILES string of the molecule is Cc1cc(N)ccc1NC(=O)CC(C)C. The zero-order chi connectivity index (χ0) is 11.4. The predicted molar refractivity (Wildman–Crippen MR) is 63.7 cm³/mol. The largest absolute Gasteiger partial charge is 0.399 e. The molecule has 0 aliphatic carbocycles. The van der Waals surface area contributed by atoms with Crippen molar-refractivity contribution >= 4 is 17.3 Å². The summed E-state index contributed by atoms with van der Waals surface area (Å²) in [5, 5.41) is 2.87. The van der Waals surface area contributed by atoms with E-state index >= 15 is 0 Å². The van der Waals surface area contributed by atoms with Gasteiger partial charge in [-0.1, -0.05) is 13.8 Å². The molecule has 1 aromatic rings. The summed E-state index contributed by atoms with van der Waals surface area (Å²) in [7, 11) is 0. The third-order valence-corrected chi connectivity index (χ3v) is 2.12. The van der Waals surface area contributed by atoms with Crippen molar-refractivity contribution in [3.63, 3.8) is 0 Å². The van der Waals surface area contributed by atoms with Gasteiger partial charge in [0.05, 0.1) is 0 Å². The van der Waals surface area contributed by atoms with Crippen LogP contribution in [0.2, 0.25) is 0 Å². The molecular weight excluding hydrogens is 188 g/mol. The van der Waals surface area contributed by atoms with Gasteiger partial charge in [0.2, 0.25) is 5.91 Å². The van der Waals surface area contributed by atoms with Crippen molar-refractivity contribution in [2.75, 3.05) is 11.1 Å². The number of aryl methyl sites for hydroxylation is 1. The third-order valence-electron chi connectivity index (χ3n) is 2.12. The highest BCUT2D eigenvalue weighted by Gasteiger charge is 2.06. The lowest BCUT2D eigenvalue weighted by Gasteiger charge is -2.10. The van der Waals surface area contributed by atoms with Crippen LogP contribution in [-0.4, -0.2) is 5.91 Å². The number of anilines is 2. The smallest absolute Gasteiger partial charge is 0.224 e. The topological polar surface area (TPSA) is 55.1 Å². The maximum Gasteiger partial charge on any atom is 0.224 e. The van der Waals surface area contributed by atoms with Crippen LogP contribution in [-0.2, 0) is 4.79 Å². The van der Waals surface area contributed by atoms with Crippen LogP contribution in [0.3, 0.4) is 0 Å². The lowest BCUT2D eigenvalue weighted by Crippen LogP contribution is -2.14. The van der Waals surface area contributed by atoms with Crippen molar-refractivity contribution in [1.29, 1.82) is 0 Å². The van der Waals surface area contributed by atoms with Gasteiger partial charge in [0.25, 0.3) is 0 Å². The molecule has 0 saturated heterocycles. The fourth-order valence-electron chi connectivity index (χ4n) is 1.40. The van der Waals surface area contributed by atoms with Crippen molar-refractivity contribution < 1.29 is 4.79 Å². The highest BCUT2D eigenvalue weighted by molar-refractivity contribution is 5.91. The molecule has 82 valence electrons. The monoisotopic (exact) mass is 206 g/mol. The summed E-state index contributed by atoms with van der Waals surface area (Å²) >= 11 is 0. The standard InChI is InChI=1S/C12H18N2O/c1-8(2)6-12(15)14-11-5-4-10(13)7-9(11)3/h4-5,7-8H,6,13H2,1-3H3,(H,14,15). The average Bonchev–Trinajstić information content (AvgIpc) is 2.08. The van der Waals surface area contributed by atoms with Gasteiger partial charge in [0, 0.05) is 17.8 Å². The Morgan fingerprint density at radius 1 is 1.47 bits per heavy atom. The zero-order valence-corrected chi connectivity index (χ0v) is 9.50. The number of rotatable bonds is 3. The maximum absolute atomic E-state index is 11.5. The summed E-state index contributed by atoms with van der Waals surface area (Å²) in [5.41, 5.74) is 8.18. The number of benzene rings is 1. The van der Waals surface area contributed by atoms with Crippen molar-refractivity contribution in [1.82, 2.24) is 0 Å². The number of carbonyl (C=O) groups is 1. The molecule has 0 aromatic heterocycles. The number of hydrogen-bond acceptors (Lipinski definition) is 2. The van der Waals surface area contributed by atoms with Crippen LogP contribution >= 0.6 is 0 Å². The van der Waals surface area contributed by atoms with Crippen LogP contribution in [0, 0.1) is 12.8 Å². The molecule has 3 N–H and O–H groups in total. The second kappa shape index (κ2) is 4.82. The fourth-order valence-corrected chi connectivity index (χ4v) is 1.40. The second-order valence-electron chi connectivity index (χ2n) is 4.22. The van der Waals surface area contributed by atoms with Crippen molar-refractivity contribution in [2.24, 2.45) is 5.92 Å². The van der Waals surface area contributed by atoms with Crippen molar-refractivity contribution in [3.8, 4) is 0 Å². The number of carbonyl (C=O) groups excluding carboxylic acids is 1. The van der Waals surface area contributed by atoms with Gasteiger partial charge in [-0.3, -0.25) is 4.79 Å². The minimum atomic E-state index is 0.0536. The van der Waals surface area contributed by atoms with Gasteiger partial charge in [-0.25, -0.2) is 0 Å². The Hall–Kier alpha value is -1.51. The molecule has 0 fully saturated rings. The molecule has 0 spiro atoms. The minimum Gasteiger partial charge on any atom is -0.399 e. The molecule has 3 nitrogen and oxygen atoms in total. The number of nitrogen functional groups attached to an aromatic ring is 1. The lowest BCUT2D eigenvalue weighted by molar-refractivity contribution is -0.116.